The molecule has 1 heterocycles. The van der Waals surface area contributed by atoms with Crippen LogP contribution >= 0.6 is 12.2 Å². The van der Waals surface area contributed by atoms with Gasteiger partial charge in [0, 0.05) is 17.6 Å². The van der Waals surface area contributed by atoms with Gasteiger partial charge in [0.15, 0.2) is 4.77 Å². The van der Waals surface area contributed by atoms with Crippen molar-refractivity contribution in [3.8, 4) is 5.69 Å². The molecule has 0 aliphatic rings. The molecule has 110 valence electrons. The van der Waals surface area contributed by atoms with E-state index in [1.807, 2.05) is 30.3 Å². The van der Waals surface area contributed by atoms with E-state index in [0.29, 0.717) is 16.2 Å². The van der Waals surface area contributed by atoms with Crippen molar-refractivity contribution < 1.29 is 9.18 Å². The van der Waals surface area contributed by atoms with Gasteiger partial charge >= 0.3 is 0 Å². The van der Waals surface area contributed by atoms with Crippen LogP contribution in [0.5, 0.6) is 0 Å². The highest BCUT2D eigenvalue weighted by molar-refractivity contribution is 7.71. The number of halogens is 1. The summed E-state index contributed by atoms with van der Waals surface area (Å²) in [6, 6.07) is 14.9. The van der Waals surface area contributed by atoms with Crippen molar-refractivity contribution in [2.24, 2.45) is 0 Å². The summed E-state index contributed by atoms with van der Waals surface area (Å²) in [5, 5.41) is 2.72. The maximum absolute atomic E-state index is 12.9. The Labute approximate surface area is 131 Å². The van der Waals surface area contributed by atoms with Crippen LogP contribution < -0.4 is 5.32 Å². The van der Waals surface area contributed by atoms with E-state index in [1.165, 1.54) is 24.3 Å². The van der Waals surface area contributed by atoms with Crippen LogP contribution in [0.25, 0.3) is 5.69 Å². The number of nitrogens with one attached hydrogen (secondary N) is 2. The first kappa shape index (κ1) is 14.2. The number of aromatic amines is 1. The summed E-state index contributed by atoms with van der Waals surface area (Å²) in [6.07, 6.45) is 1.55. The Morgan fingerprint density at radius 3 is 2.45 bits per heavy atom. The molecular weight excluding hydrogens is 301 g/mol. The molecule has 0 spiro atoms. The minimum absolute atomic E-state index is 0.331. The Morgan fingerprint density at radius 2 is 1.77 bits per heavy atom. The lowest BCUT2D eigenvalue weighted by atomic mass is 10.3. The number of nitrogens with zero attached hydrogens (tertiary/aromatic N) is 1. The number of carbonyl (C=O) groups excluding carboxylic acids is 1. The van der Waals surface area contributed by atoms with Gasteiger partial charge in [-0.3, -0.25) is 9.36 Å². The molecule has 3 aromatic rings. The topological polar surface area (TPSA) is 49.8 Å². The first-order valence-corrected chi connectivity index (χ1v) is 6.99. The summed E-state index contributed by atoms with van der Waals surface area (Å²) in [7, 11) is 0. The Balaban J connectivity index is 1.94. The van der Waals surface area contributed by atoms with E-state index < -0.39 is 0 Å². The number of carbonyl (C=O) groups is 1. The molecule has 4 nitrogen and oxygen atoms in total. The summed E-state index contributed by atoms with van der Waals surface area (Å²) >= 11 is 5.23. The molecule has 0 aliphatic heterocycles. The predicted molar refractivity (Wildman–Crippen MR) is 85.3 cm³/mol. The molecule has 1 aromatic heterocycles. The maximum Gasteiger partial charge on any atom is 0.274 e. The Kier molecular flexibility index (Phi) is 3.84. The lowest BCUT2D eigenvalue weighted by molar-refractivity contribution is 0.102. The van der Waals surface area contributed by atoms with Gasteiger partial charge in [0.25, 0.3) is 5.91 Å². The monoisotopic (exact) mass is 313 g/mol. The molecule has 0 fully saturated rings. The first-order chi connectivity index (χ1) is 10.6. The van der Waals surface area contributed by atoms with E-state index in [-0.39, 0.29) is 11.7 Å². The minimum atomic E-state index is -0.355. The quantitative estimate of drug-likeness (QED) is 0.720. The van der Waals surface area contributed by atoms with Gasteiger partial charge in [-0.1, -0.05) is 18.2 Å². The van der Waals surface area contributed by atoms with E-state index in [2.05, 4.69) is 10.3 Å². The Bertz CT molecular complexity index is 853. The number of anilines is 1. The molecule has 0 bridgehead atoms. The van der Waals surface area contributed by atoms with Crippen molar-refractivity contribution in [3.05, 3.63) is 77.1 Å². The molecule has 2 N–H and O–H groups in total. The molecule has 1 amide bonds. The van der Waals surface area contributed by atoms with E-state index in [0.717, 1.165) is 5.69 Å². The van der Waals surface area contributed by atoms with Crippen molar-refractivity contribution >= 4 is 23.8 Å². The van der Waals surface area contributed by atoms with Crippen LogP contribution in [0, 0.1) is 10.6 Å². The maximum atomic E-state index is 12.9. The van der Waals surface area contributed by atoms with Crippen LogP contribution in [0.4, 0.5) is 10.1 Å². The van der Waals surface area contributed by atoms with Crippen LogP contribution in [0.3, 0.4) is 0 Å². The second-order valence-corrected chi connectivity index (χ2v) is 5.00. The molecule has 0 unspecified atom stereocenters. The summed E-state index contributed by atoms with van der Waals surface area (Å²) in [5.41, 5.74) is 1.68. The molecule has 0 aliphatic carbocycles. The zero-order chi connectivity index (χ0) is 15.5. The lowest BCUT2D eigenvalue weighted by Crippen LogP contribution is -2.16. The van der Waals surface area contributed by atoms with Crippen molar-refractivity contribution in [1.29, 1.82) is 0 Å². The fourth-order valence-electron chi connectivity index (χ4n) is 2.10. The Hall–Kier alpha value is -2.73. The molecule has 0 atom stereocenters. The van der Waals surface area contributed by atoms with Gasteiger partial charge < -0.3 is 10.3 Å². The third-order valence-electron chi connectivity index (χ3n) is 3.13. The third kappa shape index (κ3) is 2.82. The summed E-state index contributed by atoms with van der Waals surface area (Å²) in [5.74, 6) is -0.686. The highest BCUT2D eigenvalue weighted by atomic mass is 32.1. The van der Waals surface area contributed by atoms with E-state index in [9.17, 15) is 9.18 Å². The number of benzene rings is 2. The second-order valence-electron chi connectivity index (χ2n) is 4.61. The summed E-state index contributed by atoms with van der Waals surface area (Å²) in [4.78, 5) is 15.3. The van der Waals surface area contributed by atoms with Crippen molar-refractivity contribution in [3.63, 3.8) is 0 Å². The smallest absolute Gasteiger partial charge is 0.274 e. The number of aromatic nitrogens is 2. The van der Waals surface area contributed by atoms with Crippen LogP contribution in [0.15, 0.2) is 60.8 Å². The molecule has 0 radical (unpaired) electrons. The number of amides is 1. The predicted octanol–water partition coefficient (Wildman–Crippen LogP) is 3.93. The lowest BCUT2D eigenvalue weighted by Gasteiger charge is -2.09. The highest BCUT2D eigenvalue weighted by Gasteiger charge is 2.14. The van der Waals surface area contributed by atoms with E-state index in [4.69, 9.17) is 12.2 Å². The normalized spacial score (nSPS) is 10.4. The highest BCUT2D eigenvalue weighted by Crippen LogP contribution is 2.15. The van der Waals surface area contributed by atoms with Crippen molar-refractivity contribution in [1.82, 2.24) is 9.55 Å². The van der Waals surface area contributed by atoms with Gasteiger partial charge in [0.1, 0.15) is 11.5 Å². The second kappa shape index (κ2) is 5.95. The van der Waals surface area contributed by atoms with E-state index in [1.54, 1.807) is 10.8 Å². The number of rotatable bonds is 3. The Morgan fingerprint density at radius 1 is 1.09 bits per heavy atom. The van der Waals surface area contributed by atoms with Crippen LogP contribution in [0.2, 0.25) is 0 Å². The van der Waals surface area contributed by atoms with Gasteiger partial charge in [-0.15, -0.1) is 0 Å². The molecule has 0 saturated heterocycles. The van der Waals surface area contributed by atoms with Gasteiger partial charge in [-0.25, -0.2) is 4.39 Å². The zero-order valence-electron chi connectivity index (χ0n) is 11.4. The SMILES string of the molecule is O=C(Nc1ccc(F)cc1)c1c[nH]c(=S)n1-c1ccccc1. The standard InChI is InChI=1S/C16H12FN3OS/c17-11-6-8-12(9-7-11)19-15(21)14-10-18-16(22)20(14)13-4-2-1-3-5-13/h1-10H,(H,18,22)(H,19,21). The molecule has 0 saturated carbocycles. The van der Waals surface area contributed by atoms with Crippen LogP contribution in [0.1, 0.15) is 10.5 Å². The van der Waals surface area contributed by atoms with Gasteiger partial charge in [0.05, 0.1) is 0 Å². The fraction of sp³-hybridized carbons (Fsp3) is 0. The van der Waals surface area contributed by atoms with Crippen molar-refractivity contribution in [2.75, 3.05) is 5.32 Å². The van der Waals surface area contributed by atoms with Crippen molar-refractivity contribution in [2.45, 2.75) is 0 Å². The summed E-state index contributed by atoms with van der Waals surface area (Å²) in [6.45, 7) is 0. The summed E-state index contributed by atoms with van der Waals surface area (Å²) < 4.78 is 15.0. The zero-order valence-corrected chi connectivity index (χ0v) is 12.2. The molecule has 22 heavy (non-hydrogen) atoms. The number of imidazole rings is 1. The number of H-pyrrole nitrogens is 1. The number of hydrogen-bond acceptors (Lipinski definition) is 2. The molecular formula is C16H12FN3OS. The number of hydrogen-bond donors (Lipinski definition) is 2. The van der Waals surface area contributed by atoms with Crippen LogP contribution in [-0.4, -0.2) is 15.5 Å². The van der Waals surface area contributed by atoms with E-state index >= 15 is 0 Å². The van der Waals surface area contributed by atoms with Gasteiger partial charge in [-0.05, 0) is 48.6 Å². The minimum Gasteiger partial charge on any atom is -0.336 e. The molecule has 6 heteroatoms. The average Bonchev–Trinajstić information content (AvgIpc) is 2.92. The third-order valence-corrected chi connectivity index (χ3v) is 3.43. The fourth-order valence-corrected chi connectivity index (χ4v) is 2.36. The van der Waals surface area contributed by atoms with Gasteiger partial charge in [-0.2, -0.15) is 0 Å². The first-order valence-electron chi connectivity index (χ1n) is 6.58. The largest absolute Gasteiger partial charge is 0.336 e. The van der Waals surface area contributed by atoms with Gasteiger partial charge in [0.2, 0.25) is 0 Å². The average molecular weight is 313 g/mol. The molecule has 3 rings (SSSR count). The van der Waals surface area contributed by atoms with Crippen LogP contribution in [-0.2, 0) is 0 Å². The number of para-hydroxylation sites is 1. The molecule has 2 aromatic carbocycles.